The van der Waals surface area contributed by atoms with E-state index in [4.69, 9.17) is 0 Å². The number of carbonyl (C=O) groups excluding carboxylic acids is 2. The van der Waals surface area contributed by atoms with E-state index in [1.165, 1.54) is 6.33 Å². The zero-order valence-corrected chi connectivity index (χ0v) is 14.0. The van der Waals surface area contributed by atoms with Gasteiger partial charge in [-0.1, -0.05) is 42.0 Å². The van der Waals surface area contributed by atoms with Crippen molar-refractivity contribution in [3.8, 4) is 5.69 Å². The van der Waals surface area contributed by atoms with Crippen molar-refractivity contribution in [1.82, 2.24) is 20.1 Å². The molecule has 1 amide bonds. The second-order valence-electron chi connectivity index (χ2n) is 5.82. The van der Waals surface area contributed by atoms with Gasteiger partial charge in [0.1, 0.15) is 12.7 Å². The average Bonchev–Trinajstić information content (AvgIpc) is 3.16. The Bertz CT molecular complexity index is 869. The van der Waals surface area contributed by atoms with Gasteiger partial charge < -0.3 is 5.32 Å². The predicted octanol–water partition coefficient (Wildman–Crippen LogP) is 2.64. The second kappa shape index (κ2) is 7.09. The number of nitrogens with zero attached hydrogens (tertiary/aromatic N) is 3. The number of carbonyl (C=O) groups is 2. The molecule has 0 unspecified atom stereocenters. The van der Waals surface area contributed by atoms with Gasteiger partial charge in [0.05, 0.1) is 11.7 Å². The van der Waals surface area contributed by atoms with Crippen molar-refractivity contribution >= 4 is 11.7 Å². The van der Waals surface area contributed by atoms with Crippen LogP contribution in [0.25, 0.3) is 5.69 Å². The lowest BCUT2D eigenvalue weighted by Gasteiger charge is -2.14. The number of benzene rings is 2. The number of amides is 1. The van der Waals surface area contributed by atoms with Crippen LogP contribution in [0.2, 0.25) is 0 Å². The third-order valence-corrected chi connectivity index (χ3v) is 3.94. The smallest absolute Gasteiger partial charge is 0.292 e. The normalized spacial score (nSPS) is 11.8. The molecule has 0 radical (unpaired) electrons. The van der Waals surface area contributed by atoms with Gasteiger partial charge in [0.2, 0.25) is 5.78 Å². The standard InChI is InChI=1S/C19H18N4O2/c1-13-3-5-16(6-4-13)18(24)19(25)22-14(2)15-7-9-17(10-8-15)23-12-20-11-21-23/h3-12,14H,1-2H3,(H,22,25)/t14-/m1/s1. The van der Waals surface area contributed by atoms with Gasteiger partial charge in [0.15, 0.2) is 0 Å². The highest BCUT2D eigenvalue weighted by molar-refractivity contribution is 6.42. The summed E-state index contributed by atoms with van der Waals surface area (Å²) in [5.41, 5.74) is 3.19. The number of ketones is 1. The van der Waals surface area contributed by atoms with Crippen molar-refractivity contribution < 1.29 is 9.59 Å². The predicted molar refractivity (Wildman–Crippen MR) is 93.4 cm³/mol. The molecule has 1 aromatic heterocycles. The number of rotatable bonds is 5. The van der Waals surface area contributed by atoms with Crippen molar-refractivity contribution in [3.05, 3.63) is 77.9 Å². The number of hydrogen-bond donors (Lipinski definition) is 1. The lowest BCUT2D eigenvalue weighted by atomic mass is 10.1. The quantitative estimate of drug-likeness (QED) is 0.575. The first-order valence-electron chi connectivity index (χ1n) is 7.91. The van der Waals surface area contributed by atoms with Crippen molar-refractivity contribution in [1.29, 1.82) is 0 Å². The molecule has 0 saturated carbocycles. The maximum atomic E-state index is 12.2. The molecule has 0 aliphatic heterocycles. The molecule has 25 heavy (non-hydrogen) atoms. The van der Waals surface area contributed by atoms with Crippen LogP contribution in [-0.2, 0) is 4.79 Å². The third-order valence-electron chi connectivity index (χ3n) is 3.94. The fourth-order valence-corrected chi connectivity index (χ4v) is 2.44. The Kier molecular flexibility index (Phi) is 4.70. The average molecular weight is 334 g/mol. The van der Waals surface area contributed by atoms with Crippen LogP contribution < -0.4 is 5.32 Å². The van der Waals surface area contributed by atoms with E-state index in [1.807, 2.05) is 50.2 Å². The number of nitrogens with one attached hydrogen (secondary N) is 1. The van der Waals surface area contributed by atoms with Crippen LogP contribution >= 0.6 is 0 Å². The summed E-state index contributed by atoms with van der Waals surface area (Å²) < 4.78 is 1.65. The van der Waals surface area contributed by atoms with Gasteiger partial charge in [-0.3, -0.25) is 9.59 Å². The SMILES string of the molecule is Cc1ccc(C(=O)C(=O)N[C@H](C)c2ccc(-n3cncn3)cc2)cc1. The summed E-state index contributed by atoms with van der Waals surface area (Å²) in [6, 6.07) is 14.2. The highest BCUT2D eigenvalue weighted by Gasteiger charge is 2.18. The molecule has 1 heterocycles. The summed E-state index contributed by atoms with van der Waals surface area (Å²) >= 11 is 0. The molecule has 3 rings (SSSR count). The zero-order valence-electron chi connectivity index (χ0n) is 14.0. The maximum absolute atomic E-state index is 12.2. The van der Waals surface area contributed by atoms with E-state index in [1.54, 1.807) is 23.1 Å². The molecule has 0 aliphatic rings. The minimum atomic E-state index is -0.614. The van der Waals surface area contributed by atoms with Crippen molar-refractivity contribution in [2.75, 3.05) is 0 Å². The van der Waals surface area contributed by atoms with Crippen molar-refractivity contribution in [2.45, 2.75) is 19.9 Å². The molecule has 0 saturated heterocycles. The fourth-order valence-electron chi connectivity index (χ4n) is 2.44. The lowest BCUT2D eigenvalue weighted by molar-refractivity contribution is -0.117. The first kappa shape index (κ1) is 16.6. The monoisotopic (exact) mass is 334 g/mol. The molecule has 1 atom stereocenters. The maximum Gasteiger partial charge on any atom is 0.292 e. The number of aromatic nitrogens is 3. The summed E-state index contributed by atoms with van der Waals surface area (Å²) in [5.74, 6) is -1.15. The fraction of sp³-hybridized carbons (Fsp3) is 0.158. The Morgan fingerprint density at radius 2 is 1.72 bits per heavy atom. The molecule has 126 valence electrons. The summed E-state index contributed by atoms with van der Waals surface area (Å²) in [5, 5.41) is 6.80. The van der Waals surface area contributed by atoms with Gasteiger partial charge in [0.25, 0.3) is 5.91 Å². The van der Waals surface area contributed by atoms with E-state index >= 15 is 0 Å². The molecule has 0 spiro atoms. The van der Waals surface area contributed by atoms with Crippen LogP contribution in [-0.4, -0.2) is 26.5 Å². The number of Topliss-reactive ketones (excluding diaryl/α,β-unsaturated/α-hetero) is 1. The third kappa shape index (κ3) is 3.80. The Labute approximate surface area is 145 Å². The van der Waals surface area contributed by atoms with E-state index in [-0.39, 0.29) is 6.04 Å². The van der Waals surface area contributed by atoms with Gasteiger partial charge in [-0.25, -0.2) is 9.67 Å². The molecule has 0 bridgehead atoms. The molecule has 0 fully saturated rings. The minimum Gasteiger partial charge on any atom is -0.343 e. The Hall–Kier alpha value is -3.28. The molecule has 6 heteroatoms. The van der Waals surface area contributed by atoms with Crippen molar-refractivity contribution in [3.63, 3.8) is 0 Å². The van der Waals surface area contributed by atoms with Crippen molar-refractivity contribution in [2.24, 2.45) is 0 Å². The lowest BCUT2D eigenvalue weighted by Crippen LogP contribution is -2.33. The molecule has 3 aromatic rings. The molecular weight excluding hydrogens is 316 g/mol. The van der Waals surface area contributed by atoms with Gasteiger partial charge in [0, 0.05) is 5.56 Å². The molecule has 0 aliphatic carbocycles. The Morgan fingerprint density at radius 1 is 1.04 bits per heavy atom. The molecule has 1 N–H and O–H groups in total. The number of aryl methyl sites for hydroxylation is 1. The molecule has 2 aromatic carbocycles. The van der Waals surface area contributed by atoms with Gasteiger partial charge >= 0.3 is 0 Å². The van der Waals surface area contributed by atoms with E-state index in [9.17, 15) is 9.59 Å². The number of hydrogen-bond acceptors (Lipinski definition) is 4. The second-order valence-corrected chi connectivity index (χ2v) is 5.82. The summed E-state index contributed by atoms with van der Waals surface area (Å²) in [6.45, 7) is 3.77. The Balaban J connectivity index is 1.67. The van der Waals surface area contributed by atoms with Gasteiger partial charge in [-0.15, -0.1) is 0 Å². The van der Waals surface area contributed by atoms with Crippen LogP contribution in [0.1, 0.15) is 34.5 Å². The largest absolute Gasteiger partial charge is 0.343 e. The van der Waals surface area contributed by atoms with Gasteiger partial charge in [-0.05, 0) is 31.5 Å². The summed E-state index contributed by atoms with van der Waals surface area (Å²) in [4.78, 5) is 28.3. The molecular formula is C19H18N4O2. The topological polar surface area (TPSA) is 76.9 Å². The van der Waals surface area contributed by atoms with Crippen LogP contribution in [0.3, 0.4) is 0 Å². The minimum absolute atomic E-state index is 0.285. The van der Waals surface area contributed by atoms with Crippen LogP contribution in [0.15, 0.2) is 61.2 Å². The summed E-state index contributed by atoms with van der Waals surface area (Å²) in [6.07, 6.45) is 3.08. The van der Waals surface area contributed by atoms with Crippen LogP contribution in [0, 0.1) is 6.92 Å². The highest BCUT2D eigenvalue weighted by atomic mass is 16.2. The van der Waals surface area contributed by atoms with E-state index < -0.39 is 11.7 Å². The first-order valence-corrected chi connectivity index (χ1v) is 7.91. The Morgan fingerprint density at radius 3 is 2.32 bits per heavy atom. The van der Waals surface area contributed by atoms with Crippen LogP contribution in [0.5, 0.6) is 0 Å². The first-order chi connectivity index (χ1) is 12.0. The van der Waals surface area contributed by atoms with Crippen LogP contribution in [0.4, 0.5) is 0 Å². The molecule has 6 nitrogen and oxygen atoms in total. The highest BCUT2D eigenvalue weighted by Crippen LogP contribution is 2.15. The zero-order chi connectivity index (χ0) is 17.8. The van der Waals surface area contributed by atoms with Gasteiger partial charge in [-0.2, -0.15) is 5.10 Å². The van der Waals surface area contributed by atoms with E-state index in [0.29, 0.717) is 5.56 Å². The van der Waals surface area contributed by atoms with E-state index in [0.717, 1.165) is 16.8 Å². The summed E-state index contributed by atoms with van der Waals surface area (Å²) in [7, 11) is 0. The van der Waals surface area contributed by atoms with E-state index in [2.05, 4.69) is 15.4 Å².